The van der Waals surface area contributed by atoms with Crippen LogP contribution in [0, 0.1) is 5.92 Å². The van der Waals surface area contributed by atoms with E-state index in [1.807, 2.05) is 0 Å². The van der Waals surface area contributed by atoms with Crippen LogP contribution >= 0.6 is 0 Å². The molecule has 0 bridgehead atoms. The van der Waals surface area contributed by atoms with E-state index in [0.29, 0.717) is 6.54 Å². The van der Waals surface area contributed by atoms with Gasteiger partial charge in [0, 0.05) is 26.2 Å². The lowest BCUT2D eigenvalue weighted by molar-refractivity contribution is 0.102. The van der Waals surface area contributed by atoms with Crippen LogP contribution in [0.5, 0.6) is 0 Å². The van der Waals surface area contributed by atoms with Crippen LogP contribution < -0.4 is 5.73 Å². The second-order valence-electron chi connectivity index (χ2n) is 5.28. The van der Waals surface area contributed by atoms with Gasteiger partial charge in [0.05, 0.1) is 6.61 Å². The normalized spacial score (nSPS) is 15.3. The molecule has 2 rings (SSSR count). The smallest absolute Gasteiger partial charge is 0.0593 e. The molecule has 0 unspecified atom stereocenters. The fraction of sp³-hybridized carbons (Fsp3) is 0.600. The van der Waals surface area contributed by atoms with Crippen molar-refractivity contribution < 1.29 is 4.74 Å². The van der Waals surface area contributed by atoms with Crippen LogP contribution in [0.25, 0.3) is 0 Å². The molecule has 0 atom stereocenters. The van der Waals surface area contributed by atoms with Gasteiger partial charge >= 0.3 is 0 Å². The minimum absolute atomic E-state index is 0.616. The van der Waals surface area contributed by atoms with Crippen molar-refractivity contribution in [3.05, 3.63) is 35.4 Å². The van der Waals surface area contributed by atoms with Crippen molar-refractivity contribution in [2.75, 3.05) is 26.8 Å². The van der Waals surface area contributed by atoms with Crippen molar-refractivity contribution in [2.24, 2.45) is 11.7 Å². The van der Waals surface area contributed by atoms with Gasteiger partial charge in [-0.05, 0) is 36.9 Å². The van der Waals surface area contributed by atoms with E-state index in [-0.39, 0.29) is 0 Å². The van der Waals surface area contributed by atoms with Crippen molar-refractivity contribution in [1.29, 1.82) is 0 Å². The summed E-state index contributed by atoms with van der Waals surface area (Å²) in [5.41, 5.74) is 8.10. The molecule has 18 heavy (non-hydrogen) atoms. The molecular weight excluding hydrogens is 224 g/mol. The Morgan fingerprint density at radius 2 is 1.89 bits per heavy atom. The number of nitrogens with zero attached hydrogens (tertiary/aromatic N) is 1. The zero-order valence-corrected chi connectivity index (χ0v) is 11.3. The van der Waals surface area contributed by atoms with Crippen molar-refractivity contribution in [3.8, 4) is 0 Å². The highest BCUT2D eigenvalue weighted by Gasteiger charge is 2.20. The van der Waals surface area contributed by atoms with Crippen LogP contribution in [-0.2, 0) is 17.8 Å². The van der Waals surface area contributed by atoms with E-state index in [0.717, 1.165) is 32.2 Å². The van der Waals surface area contributed by atoms with Crippen LogP contribution in [0.3, 0.4) is 0 Å². The van der Waals surface area contributed by atoms with Crippen LogP contribution in [0.15, 0.2) is 24.3 Å². The molecule has 0 amide bonds. The zero-order valence-electron chi connectivity index (χ0n) is 11.3. The van der Waals surface area contributed by atoms with Crippen LogP contribution in [0.1, 0.15) is 24.0 Å². The third-order valence-corrected chi connectivity index (χ3v) is 3.38. The number of rotatable bonds is 8. The standard InChI is InChI=1S/C15H24N2O/c1-17(8-9-18-12-15-6-7-15)11-14-4-2-13(10-16)3-5-14/h2-5,15H,6-12,16H2,1H3. The van der Waals surface area contributed by atoms with Gasteiger partial charge in [-0.15, -0.1) is 0 Å². The molecule has 0 heterocycles. The van der Waals surface area contributed by atoms with E-state index in [1.165, 1.54) is 24.0 Å². The third kappa shape index (κ3) is 4.77. The van der Waals surface area contributed by atoms with E-state index in [1.54, 1.807) is 0 Å². The molecule has 1 fully saturated rings. The average Bonchev–Trinajstić information content (AvgIpc) is 3.20. The molecule has 1 aromatic carbocycles. The predicted molar refractivity (Wildman–Crippen MR) is 74.2 cm³/mol. The summed E-state index contributed by atoms with van der Waals surface area (Å²) in [5.74, 6) is 0.860. The van der Waals surface area contributed by atoms with Gasteiger partial charge in [-0.2, -0.15) is 0 Å². The molecule has 1 saturated carbocycles. The highest BCUT2D eigenvalue weighted by Crippen LogP contribution is 2.28. The molecular formula is C15H24N2O. The molecule has 1 aromatic rings. The maximum absolute atomic E-state index is 5.64. The third-order valence-electron chi connectivity index (χ3n) is 3.38. The Balaban J connectivity index is 1.63. The summed E-state index contributed by atoms with van der Waals surface area (Å²) >= 11 is 0. The SMILES string of the molecule is CN(CCOCC1CC1)Cc1ccc(CN)cc1. The molecule has 0 saturated heterocycles. The number of hydrogen-bond acceptors (Lipinski definition) is 3. The zero-order chi connectivity index (χ0) is 12.8. The molecule has 3 heteroatoms. The van der Waals surface area contributed by atoms with E-state index in [2.05, 4.69) is 36.2 Å². The summed E-state index contributed by atoms with van der Waals surface area (Å²) in [6.07, 6.45) is 2.73. The van der Waals surface area contributed by atoms with Gasteiger partial charge < -0.3 is 10.5 Å². The van der Waals surface area contributed by atoms with E-state index >= 15 is 0 Å². The molecule has 0 radical (unpaired) electrons. The van der Waals surface area contributed by atoms with Crippen LogP contribution in [0.4, 0.5) is 0 Å². The van der Waals surface area contributed by atoms with Crippen molar-refractivity contribution in [3.63, 3.8) is 0 Å². The number of ether oxygens (including phenoxy) is 1. The average molecular weight is 248 g/mol. The Bertz CT molecular complexity index is 346. The molecule has 3 nitrogen and oxygen atoms in total. The first-order chi connectivity index (χ1) is 8.78. The maximum atomic E-state index is 5.64. The fourth-order valence-corrected chi connectivity index (χ4v) is 1.93. The monoisotopic (exact) mass is 248 g/mol. The summed E-state index contributed by atoms with van der Waals surface area (Å²) < 4.78 is 5.64. The van der Waals surface area contributed by atoms with E-state index in [4.69, 9.17) is 10.5 Å². The first kappa shape index (κ1) is 13.5. The van der Waals surface area contributed by atoms with Gasteiger partial charge in [0.15, 0.2) is 0 Å². The summed E-state index contributed by atoms with van der Waals surface area (Å²) in [6.45, 7) is 4.38. The van der Waals surface area contributed by atoms with Gasteiger partial charge in [0.25, 0.3) is 0 Å². The lowest BCUT2D eigenvalue weighted by Crippen LogP contribution is -2.23. The van der Waals surface area contributed by atoms with Gasteiger partial charge in [-0.3, -0.25) is 4.90 Å². The summed E-state index contributed by atoms with van der Waals surface area (Å²) in [4.78, 5) is 2.30. The summed E-state index contributed by atoms with van der Waals surface area (Å²) in [5, 5.41) is 0. The van der Waals surface area contributed by atoms with Gasteiger partial charge in [-0.1, -0.05) is 24.3 Å². The second kappa shape index (κ2) is 6.88. The Morgan fingerprint density at radius 3 is 2.50 bits per heavy atom. The molecule has 1 aliphatic rings. The number of benzene rings is 1. The highest BCUT2D eigenvalue weighted by molar-refractivity contribution is 5.22. The largest absolute Gasteiger partial charge is 0.380 e. The first-order valence-corrected chi connectivity index (χ1v) is 6.82. The molecule has 2 N–H and O–H groups in total. The minimum Gasteiger partial charge on any atom is -0.380 e. The number of likely N-dealkylation sites (N-methyl/N-ethyl adjacent to an activating group) is 1. The number of hydrogen-bond donors (Lipinski definition) is 1. The molecule has 1 aliphatic carbocycles. The Hall–Kier alpha value is -0.900. The second-order valence-corrected chi connectivity index (χ2v) is 5.28. The Labute approximate surface area is 110 Å². The lowest BCUT2D eigenvalue weighted by Gasteiger charge is -2.16. The molecule has 0 aromatic heterocycles. The number of nitrogens with two attached hydrogens (primary N) is 1. The lowest BCUT2D eigenvalue weighted by atomic mass is 10.1. The quantitative estimate of drug-likeness (QED) is 0.715. The Kier molecular flexibility index (Phi) is 5.17. The van der Waals surface area contributed by atoms with E-state index < -0.39 is 0 Å². The minimum atomic E-state index is 0.616. The predicted octanol–water partition coefficient (Wildman–Crippen LogP) is 2.00. The first-order valence-electron chi connectivity index (χ1n) is 6.82. The van der Waals surface area contributed by atoms with Gasteiger partial charge in [0.1, 0.15) is 0 Å². The molecule has 0 spiro atoms. The van der Waals surface area contributed by atoms with Gasteiger partial charge in [-0.25, -0.2) is 0 Å². The summed E-state index contributed by atoms with van der Waals surface area (Å²) in [6, 6.07) is 8.52. The van der Waals surface area contributed by atoms with Gasteiger partial charge in [0.2, 0.25) is 0 Å². The van der Waals surface area contributed by atoms with Crippen LogP contribution in [0.2, 0.25) is 0 Å². The topological polar surface area (TPSA) is 38.5 Å². The fourth-order valence-electron chi connectivity index (χ4n) is 1.93. The molecule has 0 aliphatic heterocycles. The maximum Gasteiger partial charge on any atom is 0.0593 e. The van der Waals surface area contributed by atoms with Crippen molar-refractivity contribution in [1.82, 2.24) is 4.90 Å². The van der Waals surface area contributed by atoms with Crippen LogP contribution in [-0.4, -0.2) is 31.7 Å². The van der Waals surface area contributed by atoms with Crippen molar-refractivity contribution in [2.45, 2.75) is 25.9 Å². The highest BCUT2D eigenvalue weighted by atomic mass is 16.5. The van der Waals surface area contributed by atoms with E-state index in [9.17, 15) is 0 Å². The van der Waals surface area contributed by atoms with Crippen molar-refractivity contribution >= 4 is 0 Å². The Morgan fingerprint density at radius 1 is 1.22 bits per heavy atom. The summed E-state index contributed by atoms with van der Waals surface area (Å²) in [7, 11) is 2.14. The molecule has 100 valence electrons.